The number of nitrogens with zero attached hydrogens (tertiary/aromatic N) is 6. The highest BCUT2D eigenvalue weighted by molar-refractivity contribution is 7.13. The monoisotopic (exact) mass is 924 g/mol. The summed E-state index contributed by atoms with van der Waals surface area (Å²) in [6.45, 7) is -1.39. The smallest absolute Gasteiger partial charge is 0.375 e. The lowest BCUT2D eigenvalue weighted by Crippen LogP contribution is -2.47. The zero-order chi connectivity index (χ0) is 45.9. The summed E-state index contributed by atoms with van der Waals surface area (Å²) < 4.78 is 88.0. The third kappa shape index (κ3) is 9.39. The molecule has 4 heterocycles. The van der Waals surface area contributed by atoms with E-state index in [0.29, 0.717) is 0 Å². The van der Waals surface area contributed by atoms with Crippen LogP contribution in [0.1, 0.15) is 22.3 Å². The number of rotatable bonds is 14. The number of hydrogen-bond donors (Lipinski definition) is 4. The Morgan fingerprint density at radius 1 is 0.594 bits per heavy atom. The predicted molar refractivity (Wildman–Crippen MR) is 229 cm³/mol. The lowest BCUT2D eigenvalue weighted by Gasteiger charge is -2.30. The first-order valence-electron chi connectivity index (χ1n) is 18.9. The van der Waals surface area contributed by atoms with Crippen molar-refractivity contribution in [2.45, 2.75) is 36.6 Å². The highest BCUT2D eigenvalue weighted by atomic mass is 32.1. The highest BCUT2D eigenvalue weighted by Gasteiger charge is 2.57. The summed E-state index contributed by atoms with van der Waals surface area (Å²) in [6.07, 6.45) is -4.76. The molecule has 4 aromatic carbocycles. The number of nitro benzene ring substituents is 2. The molecule has 0 spiro atoms. The minimum Gasteiger partial charge on any atom is -0.375 e. The highest BCUT2D eigenvalue weighted by Crippen LogP contribution is 2.45. The molecule has 0 aliphatic carbocycles. The van der Waals surface area contributed by atoms with E-state index in [1.807, 2.05) is 0 Å². The van der Waals surface area contributed by atoms with Gasteiger partial charge in [-0.2, -0.15) is 26.3 Å². The van der Waals surface area contributed by atoms with E-state index in [2.05, 4.69) is 20.6 Å². The van der Waals surface area contributed by atoms with E-state index >= 15 is 0 Å². The van der Waals surface area contributed by atoms with Crippen LogP contribution in [0, 0.1) is 20.2 Å². The zero-order valence-electron chi connectivity index (χ0n) is 32.8. The molecule has 332 valence electrons. The molecule has 0 fully saturated rings. The number of fused-ring (bicyclic) bond motifs is 2. The molecule has 22 heteroatoms. The van der Waals surface area contributed by atoms with Crippen LogP contribution in [0.4, 0.5) is 48.0 Å². The molecule has 14 nitrogen and oxygen atoms in total. The van der Waals surface area contributed by atoms with Gasteiger partial charge >= 0.3 is 12.4 Å². The zero-order valence-corrected chi connectivity index (χ0v) is 34.5. The van der Waals surface area contributed by atoms with Crippen molar-refractivity contribution in [3.63, 3.8) is 0 Å². The fourth-order valence-corrected chi connectivity index (χ4v) is 8.05. The number of alkyl halides is 6. The lowest BCUT2D eigenvalue weighted by molar-refractivity contribution is -0.384. The standard InChI is InChI=1S/2C21H17F3N4O3S/c2*22-21(23,24)20(29,13-26-19-25-8-9-32-19)17-12-27(11-14-4-2-1-3-5-14)18-10-15(28(30)31)6-7-16(17)18/h2*1-10,12,29H,11,13H2,(H,25,26). The molecular formula is C42H34F6N8O6S2. The third-order valence-corrected chi connectivity index (χ3v) is 11.7. The first-order valence-corrected chi connectivity index (χ1v) is 20.6. The summed E-state index contributed by atoms with van der Waals surface area (Å²) in [6, 6.07) is 25.1. The molecule has 4 N–H and O–H groups in total. The molecule has 64 heavy (non-hydrogen) atoms. The molecule has 2 atom stereocenters. The summed E-state index contributed by atoms with van der Waals surface area (Å²) in [4.78, 5) is 29.1. The Morgan fingerprint density at radius 3 is 1.28 bits per heavy atom. The van der Waals surface area contributed by atoms with Crippen LogP contribution >= 0.6 is 22.7 Å². The number of aliphatic hydroxyl groups is 2. The van der Waals surface area contributed by atoms with Gasteiger partial charge < -0.3 is 30.0 Å². The van der Waals surface area contributed by atoms with Gasteiger partial charge in [0.2, 0.25) is 11.2 Å². The van der Waals surface area contributed by atoms with Crippen molar-refractivity contribution in [2.24, 2.45) is 0 Å². The van der Waals surface area contributed by atoms with E-state index in [-0.39, 0.29) is 56.5 Å². The Bertz CT molecular complexity index is 2680. The second-order valence-corrected chi connectivity index (χ2v) is 16.1. The minimum atomic E-state index is -5.02. The SMILES string of the molecule is O=[N+]([O-])c1ccc2c(C(O)(CNc3nccs3)C(F)(F)F)cn(Cc3ccccc3)c2c1.O=[N+]([O-])c1ccc2c(C(O)(CNc3nccs3)C(F)(F)F)cn(Cc3ccccc3)c2c1. The van der Waals surface area contributed by atoms with Crippen LogP contribution in [0.15, 0.2) is 133 Å². The topological polar surface area (TPSA) is 186 Å². The Kier molecular flexibility index (Phi) is 12.8. The molecular weight excluding hydrogens is 891 g/mol. The summed E-state index contributed by atoms with van der Waals surface area (Å²) in [7, 11) is 0. The molecule has 0 saturated heterocycles. The van der Waals surface area contributed by atoms with Gasteiger partial charge in [-0.15, -0.1) is 22.7 Å². The van der Waals surface area contributed by atoms with Crippen molar-refractivity contribution in [1.82, 2.24) is 19.1 Å². The molecule has 8 rings (SSSR count). The van der Waals surface area contributed by atoms with Crippen LogP contribution < -0.4 is 10.6 Å². The molecule has 0 aliphatic rings. The van der Waals surface area contributed by atoms with Crippen LogP contribution in [-0.4, -0.2) is 64.6 Å². The number of halogens is 6. The van der Waals surface area contributed by atoms with Gasteiger partial charge in [-0.25, -0.2) is 9.97 Å². The number of benzene rings is 4. The Balaban J connectivity index is 0.000000191. The molecule has 0 bridgehead atoms. The maximum absolute atomic E-state index is 14.2. The number of aromatic nitrogens is 4. The Labute approximate surface area is 366 Å². The van der Waals surface area contributed by atoms with Crippen LogP contribution in [-0.2, 0) is 24.3 Å². The fourth-order valence-electron chi connectivity index (χ4n) is 6.99. The Morgan fingerprint density at radius 2 is 0.969 bits per heavy atom. The average Bonchev–Trinajstić information content (AvgIpc) is 4.10. The first-order chi connectivity index (χ1) is 30.4. The second-order valence-electron chi connectivity index (χ2n) is 14.3. The van der Waals surface area contributed by atoms with Crippen molar-refractivity contribution >= 4 is 66.1 Å². The average molecular weight is 925 g/mol. The first kappa shape index (κ1) is 45.2. The Hall–Kier alpha value is -6.88. The van der Waals surface area contributed by atoms with Gasteiger partial charge in [0.25, 0.3) is 11.4 Å². The lowest BCUT2D eigenvalue weighted by atomic mass is 9.92. The normalized spacial score (nSPS) is 13.8. The number of nitrogens with one attached hydrogen (secondary N) is 2. The van der Waals surface area contributed by atoms with Crippen molar-refractivity contribution < 1.29 is 46.4 Å². The van der Waals surface area contributed by atoms with Gasteiger partial charge in [0, 0.05) is 94.8 Å². The van der Waals surface area contributed by atoms with Gasteiger partial charge in [-0.3, -0.25) is 20.2 Å². The van der Waals surface area contributed by atoms with Crippen LogP contribution in [0.25, 0.3) is 21.8 Å². The molecule has 0 amide bonds. The van der Waals surface area contributed by atoms with Crippen LogP contribution in [0.5, 0.6) is 0 Å². The van der Waals surface area contributed by atoms with E-state index in [9.17, 15) is 56.8 Å². The minimum absolute atomic E-state index is 0.0762. The van der Waals surface area contributed by atoms with Crippen molar-refractivity contribution in [3.8, 4) is 0 Å². The van der Waals surface area contributed by atoms with Crippen molar-refractivity contribution in [3.05, 3.63) is 175 Å². The number of anilines is 2. The van der Waals surface area contributed by atoms with Gasteiger partial charge in [0.05, 0.1) is 34.0 Å². The summed E-state index contributed by atoms with van der Waals surface area (Å²) in [5.74, 6) is 0. The number of nitro groups is 2. The molecule has 0 aliphatic heterocycles. The van der Waals surface area contributed by atoms with Crippen LogP contribution in [0.2, 0.25) is 0 Å². The quantitative estimate of drug-likeness (QED) is 0.0465. The third-order valence-electron chi connectivity index (χ3n) is 10.2. The summed E-state index contributed by atoms with van der Waals surface area (Å²) >= 11 is 2.21. The molecule has 8 aromatic rings. The largest absolute Gasteiger partial charge is 0.423 e. The maximum Gasteiger partial charge on any atom is 0.423 e. The van der Waals surface area contributed by atoms with Gasteiger partial charge in [-0.1, -0.05) is 60.7 Å². The number of thiazole rings is 2. The molecule has 4 aromatic heterocycles. The predicted octanol–water partition coefficient (Wildman–Crippen LogP) is 9.83. The van der Waals surface area contributed by atoms with E-state index < -0.39 is 57.6 Å². The van der Waals surface area contributed by atoms with Gasteiger partial charge in [-0.05, 0) is 23.3 Å². The maximum atomic E-state index is 14.2. The van der Waals surface area contributed by atoms with Gasteiger partial charge in [0.1, 0.15) is 0 Å². The fraction of sp³-hybridized carbons (Fsp3) is 0.190. The molecule has 2 unspecified atom stereocenters. The van der Waals surface area contributed by atoms with E-state index in [1.165, 1.54) is 58.2 Å². The molecule has 0 saturated carbocycles. The van der Waals surface area contributed by atoms with E-state index in [1.54, 1.807) is 71.4 Å². The summed E-state index contributed by atoms with van der Waals surface area (Å²) in [5.41, 5.74) is -5.79. The van der Waals surface area contributed by atoms with Crippen LogP contribution in [0.3, 0.4) is 0 Å². The van der Waals surface area contributed by atoms with Crippen molar-refractivity contribution in [2.75, 3.05) is 23.7 Å². The number of non-ortho nitro benzene ring substituents is 2. The molecule has 0 radical (unpaired) electrons. The van der Waals surface area contributed by atoms with Gasteiger partial charge in [0.15, 0.2) is 10.3 Å². The summed E-state index contributed by atoms with van der Waals surface area (Å²) in [5, 5.41) is 53.3. The van der Waals surface area contributed by atoms with E-state index in [4.69, 9.17) is 0 Å². The number of hydrogen-bond acceptors (Lipinski definition) is 12. The van der Waals surface area contributed by atoms with E-state index in [0.717, 1.165) is 45.9 Å². The van der Waals surface area contributed by atoms with Crippen molar-refractivity contribution in [1.29, 1.82) is 0 Å². The second kappa shape index (κ2) is 18.1.